The number of para-hydroxylation sites is 1. The highest BCUT2D eigenvalue weighted by molar-refractivity contribution is 9.10. The Labute approximate surface area is 211 Å². The molecule has 0 saturated carbocycles. The lowest BCUT2D eigenvalue weighted by Gasteiger charge is -2.16. The van der Waals surface area contributed by atoms with Gasteiger partial charge < -0.3 is 14.4 Å². The number of thiocarbonyl (C=S) groups is 1. The highest BCUT2D eigenvalue weighted by atomic mass is 79.9. The first-order valence-electron chi connectivity index (χ1n) is 10.0. The summed E-state index contributed by atoms with van der Waals surface area (Å²) in [6, 6.07) is 20.5. The molecule has 5 nitrogen and oxygen atoms in total. The van der Waals surface area contributed by atoms with Crippen molar-refractivity contribution in [3.8, 4) is 11.5 Å². The van der Waals surface area contributed by atoms with Gasteiger partial charge in [0, 0.05) is 12.1 Å². The van der Waals surface area contributed by atoms with Crippen LogP contribution < -0.4 is 14.4 Å². The number of carbonyl (C=O) groups excluding carboxylic acids is 1. The maximum atomic E-state index is 13.2. The molecule has 4 rings (SSSR count). The molecule has 8 heteroatoms. The molecule has 0 bridgehead atoms. The maximum absolute atomic E-state index is 13.2. The van der Waals surface area contributed by atoms with Crippen molar-refractivity contribution in [3.63, 3.8) is 0 Å². The topological polar surface area (TPSA) is 42.0 Å². The Morgan fingerprint density at radius 1 is 1.09 bits per heavy atom. The highest BCUT2D eigenvalue weighted by Gasteiger charge is 2.36. The summed E-state index contributed by atoms with van der Waals surface area (Å²) >= 11 is 15.2. The first-order valence-corrected chi connectivity index (χ1v) is 11.6. The Kier molecular flexibility index (Phi) is 7.02. The van der Waals surface area contributed by atoms with Crippen LogP contribution in [-0.4, -0.2) is 30.1 Å². The quantitative estimate of drug-likeness (QED) is 0.270. The van der Waals surface area contributed by atoms with Crippen LogP contribution in [0.5, 0.6) is 11.5 Å². The number of hydrogen-bond acceptors (Lipinski definition) is 4. The van der Waals surface area contributed by atoms with Gasteiger partial charge in [-0.15, -0.1) is 0 Å². The van der Waals surface area contributed by atoms with E-state index in [9.17, 15) is 4.79 Å². The van der Waals surface area contributed by atoms with Crippen LogP contribution >= 0.6 is 39.7 Å². The van der Waals surface area contributed by atoms with Crippen LogP contribution in [0.15, 0.2) is 76.9 Å². The molecule has 1 heterocycles. The van der Waals surface area contributed by atoms with Crippen molar-refractivity contribution in [3.05, 3.63) is 93.0 Å². The first kappa shape index (κ1) is 23.3. The van der Waals surface area contributed by atoms with Crippen molar-refractivity contribution >= 4 is 62.5 Å². The number of benzene rings is 3. The van der Waals surface area contributed by atoms with Gasteiger partial charge in [-0.2, -0.15) is 0 Å². The average molecular weight is 544 g/mol. The van der Waals surface area contributed by atoms with E-state index in [1.807, 2.05) is 66.7 Å². The van der Waals surface area contributed by atoms with Gasteiger partial charge in [0.2, 0.25) is 0 Å². The minimum atomic E-state index is -0.190. The number of anilines is 1. The predicted octanol–water partition coefficient (Wildman–Crippen LogP) is 6.29. The molecular weight excluding hydrogens is 524 g/mol. The third-order valence-electron chi connectivity index (χ3n) is 5.10. The number of amides is 1. The van der Waals surface area contributed by atoms with Crippen LogP contribution in [0, 0.1) is 0 Å². The summed E-state index contributed by atoms with van der Waals surface area (Å²) in [4.78, 5) is 16.4. The van der Waals surface area contributed by atoms with E-state index in [-0.39, 0.29) is 5.91 Å². The number of likely N-dealkylation sites (N-methyl/N-ethyl adjacent to an activating group) is 1. The van der Waals surface area contributed by atoms with E-state index in [0.717, 1.165) is 16.8 Å². The van der Waals surface area contributed by atoms with E-state index in [0.29, 0.717) is 38.4 Å². The molecule has 1 amide bonds. The second kappa shape index (κ2) is 9.95. The zero-order valence-electron chi connectivity index (χ0n) is 17.9. The zero-order chi connectivity index (χ0) is 23.5. The fourth-order valence-electron chi connectivity index (χ4n) is 3.46. The van der Waals surface area contributed by atoms with E-state index in [1.54, 1.807) is 25.1 Å². The Hall–Kier alpha value is -2.87. The van der Waals surface area contributed by atoms with Gasteiger partial charge in [-0.05, 0) is 81.7 Å². The minimum absolute atomic E-state index is 0.190. The van der Waals surface area contributed by atoms with Gasteiger partial charge in [0.05, 0.1) is 17.3 Å². The summed E-state index contributed by atoms with van der Waals surface area (Å²) in [5, 5.41) is 1.07. The van der Waals surface area contributed by atoms with E-state index in [2.05, 4.69) is 15.9 Å². The van der Waals surface area contributed by atoms with E-state index in [1.165, 1.54) is 4.90 Å². The first-order chi connectivity index (χ1) is 15.9. The van der Waals surface area contributed by atoms with Crippen LogP contribution in [0.2, 0.25) is 5.02 Å². The lowest BCUT2D eigenvalue weighted by molar-refractivity contribution is -0.114. The molecule has 3 aromatic carbocycles. The molecule has 0 aromatic heterocycles. The standard InChI is InChI=1S/C25H20BrClN2O3S/c1-28-21(24(30)29(25(28)33)19-9-4-3-5-10-19)13-17-12-20(26)23(22(14-17)31-2)32-15-16-7-6-8-18(27)11-16/h3-14H,15H2,1-2H3/b21-13-. The van der Waals surface area contributed by atoms with Crippen molar-refractivity contribution in [2.24, 2.45) is 0 Å². The summed E-state index contributed by atoms with van der Waals surface area (Å²) in [7, 11) is 3.35. The van der Waals surface area contributed by atoms with Crippen LogP contribution in [0.3, 0.4) is 0 Å². The van der Waals surface area contributed by atoms with Crippen LogP contribution in [-0.2, 0) is 11.4 Å². The lowest BCUT2D eigenvalue weighted by atomic mass is 10.1. The molecule has 0 unspecified atom stereocenters. The number of hydrogen-bond donors (Lipinski definition) is 0. The molecule has 0 aliphatic carbocycles. The molecule has 1 aliphatic heterocycles. The largest absolute Gasteiger partial charge is 0.493 e. The maximum Gasteiger partial charge on any atom is 0.281 e. The van der Waals surface area contributed by atoms with E-state index < -0.39 is 0 Å². The predicted molar refractivity (Wildman–Crippen MR) is 139 cm³/mol. The van der Waals surface area contributed by atoms with Crippen LogP contribution in [0.4, 0.5) is 5.69 Å². The Morgan fingerprint density at radius 2 is 1.85 bits per heavy atom. The zero-order valence-corrected chi connectivity index (χ0v) is 21.1. The third-order valence-corrected chi connectivity index (χ3v) is 6.38. The van der Waals surface area contributed by atoms with Gasteiger partial charge in [-0.1, -0.05) is 41.9 Å². The number of rotatable bonds is 6. The number of methoxy groups -OCH3 is 1. The summed E-state index contributed by atoms with van der Waals surface area (Å²) in [5.74, 6) is 0.908. The summed E-state index contributed by atoms with van der Waals surface area (Å²) in [6.07, 6.45) is 1.78. The van der Waals surface area contributed by atoms with Gasteiger partial charge in [0.15, 0.2) is 16.6 Å². The number of halogens is 2. The van der Waals surface area contributed by atoms with Crippen molar-refractivity contribution < 1.29 is 14.3 Å². The van der Waals surface area contributed by atoms with E-state index >= 15 is 0 Å². The van der Waals surface area contributed by atoms with Gasteiger partial charge in [0.1, 0.15) is 12.3 Å². The summed E-state index contributed by atoms with van der Waals surface area (Å²) < 4.78 is 12.3. The molecule has 3 aromatic rings. The molecule has 0 atom stereocenters. The smallest absolute Gasteiger partial charge is 0.281 e. The fourth-order valence-corrected chi connectivity index (χ4v) is 4.54. The van der Waals surface area contributed by atoms with Gasteiger partial charge in [-0.25, -0.2) is 0 Å². The second-order valence-electron chi connectivity index (χ2n) is 7.30. The molecule has 1 saturated heterocycles. The van der Waals surface area contributed by atoms with Crippen molar-refractivity contribution in [1.29, 1.82) is 0 Å². The summed E-state index contributed by atoms with van der Waals surface area (Å²) in [6.45, 7) is 0.331. The molecule has 1 aliphatic rings. The van der Waals surface area contributed by atoms with Gasteiger partial charge in [-0.3, -0.25) is 9.69 Å². The molecule has 0 radical (unpaired) electrons. The summed E-state index contributed by atoms with van der Waals surface area (Å²) in [5.41, 5.74) is 2.90. The monoisotopic (exact) mass is 542 g/mol. The van der Waals surface area contributed by atoms with E-state index in [4.69, 9.17) is 33.3 Å². The molecular formula is C25H20BrClN2O3S. The second-order valence-corrected chi connectivity index (χ2v) is 8.96. The number of ether oxygens (including phenoxy) is 2. The SMILES string of the molecule is COc1cc(/C=C2/C(=O)N(c3ccccc3)C(=S)N2C)cc(Br)c1OCc1cccc(Cl)c1. The molecule has 168 valence electrons. The fraction of sp³-hybridized carbons (Fsp3) is 0.120. The van der Waals surface area contributed by atoms with Crippen molar-refractivity contribution in [2.45, 2.75) is 6.61 Å². The molecule has 0 N–H and O–H groups in total. The van der Waals surface area contributed by atoms with Gasteiger partial charge >= 0.3 is 0 Å². The molecule has 0 spiro atoms. The van der Waals surface area contributed by atoms with Crippen molar-refractivity contribution in [1.82, 2.24) is 4.90 Å². The average Bonchev–Trinajstić information content (AvgIpc) is 3.01. The Bertz CT molecular complexity index is 1250. The minimum Gasteiger partial charge on any atom is -0.493 e. The van der Waals surface area contributed by atoms with Crippen molar-refractivity contribution in [2.75, 3.05) is 19.1 Å². The van der Waals surface area contributed by atoms with Gasteiger partial charge in [0.25, 0.3) is 5.91 Å². The lowest BCUT2D eigenvalue weighted by Crippen LogP contribution is -2.30. The molecule has 33 heavy (non-hydrogen) atoms. The third kappa shape index (κ3) is 4.90. The Balaban J connectivity index is 1.62. The number of nitrogens with zero attached hydrogens (tertiary/aromatic N) is 2. The van der Waals surface area contributed by atoms with Crippen LogP contribution in [0.1, 0.15) is 11.1 Å². The number of carbonyl (C=O) groups is 1. The Morgan fingerprint density at radius 3 is 2.55 bits per heavy atom. The van der Waals surface area contributed by atoms with Crippen LogP contribution in [0.25, 0.3) is 6.08 Å². The highest BCUT2D eigenvalue weighted by Crippen LogP contribution is 2.38. The normalized spacial score (nSPS) is 14.8. The molecule has 1 fully saturated rings.